The quantitative estimate of drug-likeness (QED) is 0.342. The molecule has 4 rings (SSSR count). The van der Waals surface area contributed by atoms with E-state index in [4.69, 9.17) is 10.8 Å². The van der Waals surface area contributed by atoms with Crippen LogP contribution in [0.4, 0.5) is 5.69 Å². The van der Waals surface area contributed by atoms with Gasteiger partial charge in [-0.2, -0.15) is 4.57 Å². The Morgan fingerprint density at radius 3 is 2.57 bits per heavy atom. The van der Waals surface area contributed by atoms with Crippen LogP contribution in [0.5, 0.6) is 0 Å². The zero-order valence-electron chi connectivity index (χ0n) is 15.9. The van der Waals surface area contributed by atoms with Gasteiger partial charge in [0.05, 0.1) is 0 Å². The van der Waals surface area contributed by atoms with Crippen LogP contribution in [0, 0.1) is 12.3 Å². The Bertz CT molecular complexity index is 1170. The van der Waals surface area contributed by atoms with Gasteiger partial charge in [-0.25, -0.2) is 0 Å². The topological polar surface area (TPSA) is 20.3 Å². The molecule has 3 nitrogen and oxygen atoms in total. The first kappa shape index (κ1) is 18.1. The Morgan fingerprint density at radius 1 is 1.04 bits per heavy atom. The maximum absolute atomic E-state index is 6.02. The number of nitrogens with zero attached hydrogens (tertiary/aromatic N) is 2. The highest BCUT2D eigenvalue weighted by molar-refractivity contribution is 7.18. The first-order chi connectivity index (χ1) is 13.7. The maximum atomic E-state index is 6.02. The van der Waals surface area contributed by atoms with Crippen molar-refractivity contribution in [1.29, 1.82) is 0 Å². The number of fused-ring (bicyclic) bond motifs is 1. The third-order valence-electron chi connectivity index (χ3n) is 4.57. The standard InChI is InChI=1S/C24H21N2OS/c1-4-17-26-21-7-5-6-8-23(21)28-24(26)16-14-20-13-15-22(27-20)18-9-11-19(12-10-18)25(2)3/h1,5-16H,17H2,2-3H3/q+1. The van der Waals surface area contributed by atoms with Crippen LogP contribution in [-0.4, -0.2) is 14.1 Å². The van der Waals surface area contributed by atoms with Crippen LogP contribution in [0.3, 0.4) is 0 Å². The average molecular weight is 386 g/mol. The summed E-state index contributed by atoms with van der Waals surface area (Å²) in [5.74, 6) is 4.42. The summed E-state index contributed by atoms with van der Waals surface area (Å²) >= 11 is 1.72. The van der Waals surface area contributed by atoms with Crippen molar-refractivity contribution in [3.8, 4) is 23.7 Å². The second kappa shape index (κ2) is 7.75. The van der Waals surface area contributed by atoms with Gasteiger partial charge in [0.15, 0.2) is 0 Å². The van der Waals surface area contributed by atoms with Crippen molar-refractivity contribution in [3.63, 3.8) is 0 Å². The normalized spacial score (nSPS) is 11.2. The molecule has 0 bridgehead atoms. The fourth-order valence-corrected chi connectivity index (χ4v) is 4.17. The van der Waals surface area contributed by atoms with Crippen LogP contribution in [-0.2, 0) is 6.54 Å². The lowest BCUT2D eigenvalue weighted by Gasteiger charge is -2.12. The van der Waals surface area contributed by atoms with Gasteiger partial charge in [0.1, 0.15) is 16.2 Å². The van der Waals surface area contributed by atoms with Crippen LogP contribution in [0.15, 0.2) is 65.1 Å². The number of hydrogen-bond acceptors (Lipinski definition) is 3. The van der Waals surface area contributed by atoms with E-state index < -0.39 is 0 Å². The summed E-state index contributed by atoms with van der Waals surface area (Å²) in [7, 11) is 4.07. The number of anilines is 1. The summed E-state index contributed by atoms with van der Waals surface area (Å²) in [6.07, 6.45) is 9.64. The first-order valence-corrected chi connectivity index (χ1v) is 9.88. The van der Waals surface area contributed by atoms with Crippen molar-refractivity contribution >= 4 is 39.4 Å². The average Bonchev–Trinajstić information content (AvgIpc) is 3.32. The summed E-state index contributed by atoms with van der Waals surface area (Å²) < 4.78 is 9.39. The van der Waals surface area contributed by atoms with Gasteiger partial charge >= 0.3 is 0 Å². The summed E-state index contributed by atoms with van der Waals surface area (Å²) in [6, 6.07) is 20.6. The molecular formula is C24H21N2OS+. The number of terminal acetylenes is 1. The Kier molecular flexibility index (Phi) is 5.01. The van der Waals surface area contributed by atoms with Crippen molar-refractivity contribution in [1.82, 2.24) is 0 Å². The lowest BCUT2D eigenvalue weighted by Crippen LogP contribution is -2.34. The van der Waals surface area contributed by atoms with Gasteiger partial charge in [-0.15, -0.1) is 6.42 Å². The highest BCUT2D eigenvalue weighted by Gasteiger charge is 2.17. The van der Waals surface area contributed by atoms with Crippen LogP contribution >= 0.6 is 11.3 Å². The largest absolute Gasteiger partial charge is 0.457 e. The van der Waals surface area contributed by atoms with Crippen LogP contribution in [0.1, 0.15) is 10.8 Å². The van der Waals surface area contributed by atoms with Crippen molar-refractivity contribution in [2.24, 2.45) is 0 Å². The molecule has 2 aromatic heterocycles. The molecule has 0 amide bonds. The molecular weight excluding hydrogens is 364 g/mol. The Balaban J connectivity index is 1.60. The predicted octanol–water partition coefficient (Wildman–Crippen LogP) is 5.32. The number of para-hydroxylation sites is 1. The van der Waals surface area contributed by atoms with Crippen LogP contribution < -0.4 is 9.47 Å². The monoisotopic (exact) mass is 385 g/mol. The fourth-order valence-electron chi connectivity index (χ4n) is 3.11. The minimum absolute atomic E-state index is 0.547. The molecule has 0 aliphatic heterocycles. The zero-order valence-corrected chi connectivity index (χ0v) is 16.7. The smallest absolute Gasteiger partial charge is 0.263 e. The Labute approximate surface area is 169 Å². The van der Waals surface area contributed by atoms with Crippen molar-refractivity contribution in [3.05, 3.63) is 71.4 Å². The van der Waals surface area contributed by atoms with E-state index in [9.17, 15) is 0 Å². The third-order valence-corrected chi connectivity index (χ3v) is 5.70. The molecule has 4 aromatic rings. The van der Waals surface area contributed by atoms with Gasteiger partial charge in [-0.3, -0.25) is 0 Å². The van der Waals surface area contributed by atoms with Gasteiger partial charge in [-0.1, -0.05) is 23.5 Å². The van der Waals surface area contributed by atoms with E-state index >= 15 is 0 Å². The molecule has 4 heteroatoms. The number of hydrogen-bond donors (Lipinski definition) is 0. The summed E-state index contributed by atoms with van der Waals surface area (Å²) in [5.41, 5.74) is 3.39. The zero-order chi connectivity index (χ0) is 19.5. The molecule has 138 valence electrons. The second-order valence-corrected chi connectivity index (χ2v) is 7.74. The third kappa shape index (κ3) is 3.58. The fraction of sp³-hybridized carbons (Fsp3) is 0.125. The van der Waals surface area contributed by atoms with E-state index in [-0.39, 0.29) is 0 Å². The Morgan fingerprint density at radius 2 is 1.82 bits per heavy atom. The molecule has 0 unspecified atom stereocenters. The van der Waals surface area contributed by atoms with Crippen LogP contribution in [0.25, 0.3) is 33.7 Å². The van der Waals surface area contributed by atoms with E-state index in [0.717, 1.165) is 27.6 Å². The van der Waals surface area contributed by atoms with Crippen molar-refractivity contribution in [2.75, 3.05) is 19.0 Å². The van der Waals surface area contributed by atoms with E-state index in [1.807, 2.05) is 44.4 Å². The number of thiazole rings is 1. The predicted molar refractivity (Wildman–Crippen MR) is 118 cm³/mol. The number of furan rings is 1. The lowest BCUT2D eigenvalue weighted by atomic mass is 10.1. The second-order valence-electron chi connectivity index (χ2n) is 6.67. The summed E-state index contributed by atoms with van der Waals surface area (Å²) in [4.78, 5) is 2.08. The molecule has 0 saturated carbocycles. The number of benzene rings is 2. The molecule has 0 radical (unpaired) electrons. The van der Waals surface area contributed by atoms with E-state index in [1.54, 1.807) is 11.3 Å². The molecule has 0 fully saturated rings. The van der Waals surface area contributed by atoms with Crippen LogP contribution in [0.2, 0.25) is 0 Å². The molecule has 0 aliphatic carbocycles. The minimum Gasteiger partial charge on any atom is -0.457 e. The van der Waals surface area contributed by atoms with E-state index in [0.29, 0.717) is 6.54 Å². The number of aromatic nitrogens is 1. The van der Waals surface area contributed by atoms with Gasteiger partial charge < -0.3 is 9.32 Å². The molecule has 0 atom stereocenters. The maximum Gasteiger partial charge on any atom is 0.263 e. The van der Waals surface area contributed by atoms with Gasteiger partial charge in [0.25, 0.3) is 5.01 Å². The minimum atomic E-state index is 0.547. The van der Waals surface area contributed by atoms with Gasteiger partial charge in [-0.05, 0) is 54.5 Å². The van der Waals surface area contributed by atoms with Crippen molar-refractivity contribution in [2.45, 2.75) is 6.54 Å². The van der Waals surface area contributed by atoms with E-state index in [1.165, 1.54) is 10.4 Å². The SMILES string of the molecule is C#CC[n+]1c(/C=C/c2ccc(-c3ccc(N(C)C)cc3)o2)sc2ccccc21. The molecule has 28 heavy (non-hydrogen) atoms. The Hall–Kier alpha value is -3.29. The highest BCUT2D eigenvalue weighted by Crippen LogP contribution is 2.26. The molecule has 0 N–H and O–H groups in total. The first-order valence-electron chi connectivity index (χ1n) is 9.06. The summed E-state index contributed by atoms with van der Waals surface area (Å²) in [6.45, 7) is 0.547. The number of rotatable bonds is 5. The van der Waals surface area contributed by atoms with Gasteiger partial charge in [0, 0.05) is 37.5 Å². The molecule has 0 saturated heterocycles. The van der Waals surface area contributed by atoms with Gasteiger partial charge in [0.2, 0.25) is 12.1 Å². The van der Waals surface area contributed by atoms with Crippen molar-refractivity contribution < 1.29 is 8.98 Å². The lowest BCUT2D eigenvalue weighted by molar-refractivity contribution is -0.655. The summed E-state index contributed by atoms with van der Waals surface area (Å²) in [5, 5.41) is 1.10. The molecule has 2 heterocycles. The molecule has 0 aliphatic rings. The molecule has 2 aromatic carbocycles. The van der Waals surface area contributed by atoms with E-state index in [2.05, 4.69) is 57.9 Å². The molecule has 0 spiro atoms. The highest BCUT2D eigenvalue weighted by atomic mass is 32.1.